The zero-order valence-corrected chi connectivity index (χ0v) is 10.5. The van der Waals surface area contributed by atoms with E-state index in [2.05, 4.69) is 48.1 Å². The van der Waals surface area contributed by atoms with Crippen LogP contribution < -0.4 is 0 Å². The molecular weight excluding hydrogens is 222 g/mol. The molecule has 2 aromatic heterocycles. The summed E-state index contributed by atoms with van der Waals surface area (Å²) in [6.45, 7) is 4.40. The zero-order valence-electron chi connectivity index (χ0n) is 10.5. The summed E-state index contributed by atoms with van der Waals surface area (Å²) in [4.78, 5) is 8.63. The molecule has 2 heterocycles. The molecule has 0 saturated carbocycles. The van der Waals surface area contributed by atoms with Crippen LogP contribution in [0.2, 0.25) is 0 Å². The van der Waals surface area contributed by atoms with Gasteiger partial charge in [-0.1, -0.05) is 38.1 Å². The average Bonchev–Trinajstić information content (AvgIpc) is 2.82. The molecule has 0 atom stereocenters. The van der Waals surface area contributed by atoms with E-state index < -0.39 is 0 Å². The van der Waals surface area contributed by atoms with Crippen LogP contribution >= 0.6 is 0 Å². The Balaban J connectivity index is 2.03. The highest BCUT2D eigenvalue weighted by Crippen LogP contribution is 2.22. The molecule has 1 aromatic carbocycles. The Morgan fingerprint density at radius 2 is 1.89 bits per heavy atom. The fourth-order valence-corrected chi connectivity index (χ4v) is 2.02. The van der Waals surface area contributed by atoms with Gasteiger partial charge in [-0.15, -0.1) is 0 Å². The third-order valence-corrected chi connectivity index (χ3v) is 3.14. The van der Waals surface area contributed by atoms with Gasteiger partial charge >= 0.3 is 0 Å². The molecule has 0 aliphatic heterocycles. The van der Waals surface area contributed by atoms with E-state index in [1.165, 1.54) is 5.56 Å². The average molecular weight is 237 g/mol. The van der Waals surface area contributed by atoms with E-state index in [1.54, 1.807) is 12.4 Å². The first-order valence-corrected chi connectivity index (χ1v) is 6.13. The molecule has 3 heteroatoms. The number of hydrogen-bond donors (Lipinski definition) is 0. The molecule has 0 aliphatic rings. The molecule has 3 nitrogen and oxygen atoms in total. The highest BCUT2D eigenvalue weighted by molar-refractivity contribution is 5.62. The Bertz CT molecular complexity index is 633. The Labute approximate surface area is 106 Å². The second kappa shape index (κ2) is 4.26. The second-order valence-corrected chi connectivity index (χ2v) is 4.74. The number of rotatable bonds is 2. The lowest BCUT2D eigenvalue weighted by Gasteiger charge is -2.05. The standard InChI is InChI=1S/C15H15N3/c1-11(2)12-3-5-13(6-4-12)14-10-18-8-7-16-9-15(18)17-14/h3-11H,1-2H3. The molecule has 3 aromatic rings. The van der Waals surface area contributed by atoms with Gasteiger partial charge in [0.2, 0.25) is 0 Å². The molecule has 90 valence electrons. The normalized spacial score (nSPS) is 11.3. The first-order chi connectivity index (χ1) is 8.74. The highest BCUT2D eigenvalue weighted by atomic mass is 15.0. The summed E-state index contributed by atoms with van der Waals surface area (Å²) in [5.74, 6) is 0.560. The molecule has 0 bridgehead atoms. The smallest absolute Gasteiger partial charge is 0.155 e. The topological polar surface area (TPSA) is 30.2 Å². The minimum absolute atomic E-state index is 0.560. The van der Waals surface area contributed by atoms with E-state index in [0.29, 0.717) is 5.92 Å². The first-order valence-electron chi connectivity index (χ1n) is 6.13. The van der Waals surface area contributed by atoms with Gasteiger partial charge in [-0.05, 0) is 11.5 Å². The summed E-state index contributed by atoms with van der Waals surface area (Å²) in [6.07, 6.45) is 7.47. The molecule has 0 amide bonds. The Hall–Kier alpha value is -2.16. The van der Waals surface area contributed by atoms with Crippen molar-refractivity contribution in [3.8, 4) is 11.3 Å². The van der Waals surface area contributed by atoms with Crippen LogP contribution in [0.4, 0.5) is 0 Å². The quantitative estimate of drug-likeness (QED) is 0.682. The van der Waals surface area contributed by atoms with E-state index in [1.807, 2.05) is 16.8 Å². The predicted octanol–water partition coefficient (Wildman–Crippen LogP) is 3.52. The molecule has 18 heavy (non-hydrogen) atoms. The van der Waals surface area contributed by atoms with E-state index in [4.69, 9.17) is 0 Å². The number of fused-ring (bicyclic) bond motifs is 1. The Morgan fingerprint density at radius 1 is 1.11 bits per heavy atom. The van der Waals surface area contributed by atoms with Gasteiger partial charge in [0.15, 0.2) is 5.65 Å². The zero-order chi connectivity index (χ0) is 12.5. The molecule has 0 spiro atoms. The van der Waals surface area contributed by atoms with Crippen LogP contribution in [0, 0.1) is 0 Å². The molecule has 0 fully saturated rings. The van der Waals surface area contributed by atoms with Crippen LogP contribution in [0.15, 0.2) is 49.1 Å². The van der Waals surface area contributed by atoms with E-state index in [0.717, 1.165) is 16.9 Å². The van der Waals surface area contributed by atoms with Crippen molar-refractivity contribution in [2.24, 2.45) is 0 Å². The van der Waals surface area contributed by atoms with Crippen molar-refractivity contribution in [2.75, 3.05) is 0 Å². The van der Waals surface area contributed by atoms with Crippen LogP contribution in [0.3, 0.4) is 0 Å². The molecular formula is C15H15N3. The lowest BCUT2D eigenvalue weighted by atomic mass is 10.0. The van der Waals surface area contributed by atoms with Crippen molar-refractivity contribution in [3.63, 3.8) is 0 Å². The number of nitrogens with zero attached hydrogens (tertiary/aromatic N) is 3. The largest absolute Gasteiger partial charge is 0.304 e. The van der Waals surface area contributed by atoms with Gasteiger partial charge in [0.25, 0.3) is 0 Å². The van der Waals surface area contributed by atoms with E-state index in [9.17, 15) is 0 Å². The van der Waals surface area contributed by atoms with Gasteiger partial charge in [0, 0.05) is 24.2 Å². The maximum atomic E-state index is 4.56. The van der Waals surface area contributed by atoms with Gasteiger partial charge in [-0.25, -0.2) is 4.98 Å². The summed E-state index contributed by atoms with van der Waals surface area (Å²) < 4.78 is 1.98. The minimum atomic E-state index is 0.560. The molecule has 0 unspecified atom stereocenters. The fraction of sp³-hybridized carbons (Fsp3) is 0.200. The first kappa shape index (κ1) is 11.0. The maximum absolute atomic E-state index is 4.56. The Kier molecular flexibility index (Phi) is 2.59. The summed E-state index contributed by atoms with van der Waals surface area (Å²) in [6, 6.07) is 8.60. The number of hydrogen-bond acceptors (Lipinski definition) is 2. The third-order valence-electron chi connectivity index (χ3n) is 3.14. The summed E-state index contributed by atoms with van der Waals surface area (Å²) in [7, 11) is 0. The predicted molar refractivity (Wildman–Crippen MR) is 72.5 cm³/mol. The lowest BCUT2D eigenvalue weighted by molar-refractivity contribution is 0.867. The van der Waals surface area contributed by atoms with Gasteiger partial charge in [-0.2, -0.15) is 0 Å². The fourth-order valence-electron chi connectivity index (χ4n) is 2.02. The van der Waals surface area contributed by atoms with Gasteiger partial charge < -0.3 is 4.40 Å². The number of aromatic nitrogens is 3. The van der Waals surface area contributed by atoms with Crippen LogP contribution in [0.1, 0.15) is 25.3 Å². The van der Waals surface area contributed by atoms with Crippen LogP contribution in [0.5, 0.6) is 0 Å². The minimum Gasteiger partial charge on any atom is -0.304 e. The SMILES string of the molecule is CC(C)c1ccc(-c2cn3ccncc3n2)cc1. The van der Waals surface area contributed by atoms with E-state index in [-0.39, 0.29) is 0 Å². The Morgan fingerprint density at radius 3 is 2.56 bits per heavy atom. The number of imidazole rings is 1. The molecule has 0 saturated heterocycles. The summed E-state index contributed by atoms with van der Waals surface area (Å²) in [5.41, 5.74) is 4.35. The van der Waals surface area contributed by atoms with Crippen molar-refractivity contribution in [2.45, 2.75) is 19.8 Å². The molecule has 3 rings (SSSR count). The van der Waals surface area contributed by atoms with Crippen LogP contribution in [-0.2, 0) is 0 Å². The second-order valence-electron chi connectivity index (χ2n) is 4.74. The van der Waals surface area contributed by atoms with Crippen molar-refractivity contribution < 1.29 is 0 Å². The van der Waals surface area contributed by atoms with Crippen LogP contribution in [0.25, 0.3) is 16.9 Å². The summed E-state index contributed by atoms with van der Waals surface area (Å²) in [5, 5.41) is 0. The van der Waals surface area contributed by atoms with Crippen molar-refractivity contribution in [3.05, 3.63) is 54.6 Å². The summed E-state index contributed by atoms with van der Waals surface area (Å²) >= 11 is 0. The highest BCUT2D eigenvalue weighted by Gasteiger charge is 2.05. The molecule has 0 aliphatic carbocycles. The number of benzene rings is 1. The van der Waals surface area contributed by atoms with Gasteiger partial charge in [-0.3, -0.25) is 4.98 Å². The monoisotopic (exact) mass is 237 g/mol. The van der Waals surface area contributed by atoms with Crippen LogP contribution in [-0.4, -0.2) is 14.4 Å². The third kappa shape index (κ3) is 1.88. The van der Waals surface area contributed by atoms with Crippen molar-refractivity contribution in [1.29, 1.82) is 0 Å². The lowest BCUT2D eigenvalue weighted by Crippen LogP contribution is -1.86. The van der Waals surface area contributed by atoms with Crippen molar-refractivity contribution in [1.82, 2.24) is 14.4 Å². The maximum Gasteiger partial charge on any atom is 0.155 e. The molecule has 0 radical (unpaired) electrons. The van der Waals surface area contributed by atoms with E-state index >= 15 is 0 Å². The van der Waals surface area contributed by atoms with Crippen molar-refractivity contribution >= 4 is 5.65 Å². The van der Waals surface area contributed by atoms with Gasteiger partial charge in [0.05, 0.1) is 11.9 Å². The van der Waals surface area contributed by atoms with Gasteiger partial charge in [0.1, 0.15) is 0 Å². The molecule has 0 N–H and O–H groups in total.